The molecule has 7 nitrogen and oxygen atoms in total. The molecule has 0 aliphatic carbocycles. The third-order valence-electron chi connectivity index (χ3n) is 3.20. The smallest absolute Gasteiger partial charge is 0.338 e. The van der Waals surface area contributed by atoms with Gasteiger partial charge in [-0.15, -0.1) is 0 Å². The Labute approximate surface area is 132 Å². The van der Waals surface area contributed by atoms with E-state index in [4.69, 9.17) is 17.0 Å². The van der Waals surface area contributed by atoms with E-state index in [1.54, 1.807) is 26.0 Å². The molecule has 0 spiro atoms. The third-order valence-corrected chi connectivity index (χ3v) is 3.42. The maximum Gasteiger partial charge on any atom is 0.338 e. The van der Waals surface area contributed by atoms with Crippen molar-refractivity contribution >= 4 is 29.0 Å². The van der Waals surface area contributed by atoms with Crippen LogP contribution in [0.25, 0.3) is 0 Å². The number of carbonyl (C=O) groups excluding carboxylic acids is 1. The molecule has 0 bridgehead atoms. The maximum absolute atomic E-state index is 12.2. The monoisotopic (exact) mass is 321 g/mol. The Balaban J connectivity index is 2.40. The fourth-order valence-electron chi connectivity index (χ4n) is 2.21. The number of hydrogen-bond donors (Lipinski definition) is 2. The molecule has 1 heterocycles. The SMILES string of the molecule is CCOC(=O)C1=C(C)NC(=S)NC1c1ccc([N+](=O)[O-])cc1. The zero-order valence-corrected chi connectivity index (χ0v) is 12.9. The lowest BCUT2D eigenvalue weighted by atomic mass is 9.95. The van der Waals surface area contributed by atoms with E-state index < -0.39 is 16.9 Å². The van der Waals surface area contributed by atoms with E-state index in [0.717, 1.165) is 0 Å². The van der Waals surface area contributed by atoms with Gasteiger partial charge in [0.1, 0.15) is 0 Å². The quantitative estimate of drug-likeness (QED) is 0.379. The molecule has 1 unspecified atom stereocenters. The van der Waals surface area contributed by atoms with Gasteiger partial charge < -0.3 is 15.4 Å². The third kappa shape index (κ3) is 3.22. The summed E-state index contributed by atoms with van der Waals surface area (Å²) in [6, 6.07) is 5.46. The summed E-state index contributed by atoms with van der Waals surface area (Å²) < 4.78 is 5.07. The van der Waals surface area contributed by atoms with Gasteiger partial charge in [-0.05, 0) is 43.8 Å². The minimum absolute atomic E-state index is 0.0151. The zero-order valence-electron chi connectivity index (χ0n) is 12.1. The van der Waals surface area contributed by atoms with Crippen molar-refractivity contribution in [3.05, 3.63) is 51.2 Å². The van der Waals surface area contributed by atoms with Gasteiger partial charge in [-0.3, -0.25) is 10.1 Å². The first-order chi connectivity index (χ1) is 10.4. The molecule has 0 saturated carbocycles. The second kappa shape index (κ2) is 6.52. The number of carbonyl (C=O) groups is 1. The molecular weight excluding hydrogens is 306 g/mol. The Hall–Kier alpha value is -2.48. The van der Waals surface area contributed by atoms with Crippen molar-refractivity contribution in [2.75, 3.05) is 6.61 Å². The highest BCUT2D eigenvalue weighted by Crippen LogP contribution is 2.28. The van der Waals surface area contributed by atoms with E-state index in [1.165, 1.54) is 12.1 Å². The van der Waals surface area contributed by atoms with Crippen molar-refractivity contribution in [3.63, 3.8) is 0 Å². The van der Waals surface area contributed by atoms with Crippen molar-refractivity contribution in [1.82, 2.24) is 10.6 Å². The van der Waals surface area contributed by atoms with Gasteiger partial charge in [0.05, 0.1) is 23.1 Å². The van der Waals surface area contributed by atoms with Crippen molar-refractivity contribution < 1.29 is 14.5 Å². The van der Waals surface area contributed by atoms with E-state index >= 15 is 0 Å². The Morgan fingerprint density at radius 2 is 2.05 bits per heavy atom. The molecule has 22 heavy (non-hydrogen) atoms. The Bertz CT molecular complexity index is 655. The fraction of sp³-hybridized carbons (Fsp3) is 0.286. The summed E-state index contributed by atoms with van der Waals surface area (Å²) >= 11 is 5.11. The number of rotatable bonds is 4. The lowest BCUT2D eigenvalue weighted by Gasteiger charge is -2.29. The minimum Gasteiger partial charge on any atom is -0.463 e. The van der Waals surface area contributed by atoms with Gasteiger partial charge in [-0.1, -0.05) is 0 Å². The fourth-order valence-corrected chi connectivity index (χ4v) is 2.48. The molecule has 0 fully saturated rings. The molecular formula is C14H15N3O4S. The van der Waals surface area contributed by atoms with Crippen molar-refractivity contribution in [2.45, 2.75) is 19.9 Å². The van der Waals surface area contributed by atoms with Gasteiger partial charge in [0.2, 0.25) is 0 Å². The first kappa shape index (κ1) is 15.9. The molecule has 1 aliphatic rings. The number of benzene rings is 1. The summed E-state index contributed by atoms with van der Waals surface area (Å²) in [5.41, 5.74) is 1.69. The molecule has 0 aromatic heterocycles. The molecule has 1 aliphatic heterocycles. The Morgan fingerprint density at radius 1 is 1.41 bits per heavy atom. The van der Waals surface area contributed by atoms with E-state index in [1.807, 2.05) is 0 Å². The molecule has 2 rings (SSSR count). The van der Waals surface area contributed by atoms with E-state index in [2.05, 4.69) is 10.6 Å². The van der Waals surface area contributed by atoms with Gasteiger partial charge in [0.25, 0.3) is 5.69 Å². The molecule has 116 valence electrons. The van der Waals surface area contributed by atoms with Crippen molar-refractivity contribution in [3.8, 4) is 0 Å². The van der Waals surface area contributed by atoms with Crippen LogP contribution in [0, 0.1) is 10.1 Å². The number of nitro groups is 1. The highest BCUT2D eigenvalue weighted by Gasteiger charge is 2.30. The lowest BCUT2D eigenvalue weighted by Crippen LogP contribution is -2.45. The van der Waals surface area contributed by atoms with Crippen LogP contribution in [-0.4, -0.2) is 22.6 Å². The second-order valence-electron chi connectivity index (χ2n) is 4.64. The number of nitro benzene ring substituents is 1. The van der Waals surface area contributed by atoms with Gasteiger partial charge >= 0.3 is 5.97 Å². The molecule has 1 aromatic carbocycles. The average molecular weight is 321 g/mol. The molecule has 1 atom stereocenters. The summed E-state index contributed by atoms with van der Waals surface area (Å²) in [7, 11) is 0. The van der Waals surface area contributed by atoms with Crippen LogP contribution in [0.5, 0.6) is 0 Å². The lowest BCUT2D eigenvalue weighted by molar-refractivity contribution is -0.384. The number of ether oxygens (including phenoxy) is 1. The van der Waals surface area contributed by atoms with Crippen LogP contribution < -0.4 is 10.6 Å². The van der Waals surface area contributed by atoms with Gasteiger partial charge in [0.15, 0.2) is 5.11 Å². The summed E-state index contributed by atoms with van der Waals surface area (Å²) in [5, 5.41) is 17.0. The van der Waals surface area contributed by atoms with Crippen LogP contribution in [0.15, 0.2) is 35.5 Å². The maximum atomic E-state index is 12.2. The predicted molar refractivity (Wildman–Crippen MR) is 84.0 cm³/mol. The number of nitrogens with zero attached hydrogens (tertiary/aromatic N) is 1. The summed E-state index contributed by atoms with van der Waals surface area (Å²) in [5.74, 6) is -0.453. The number of esters is 1. The van der Waals surface area contributed by atoms with Crippen LogP contribution in [-0.2, 0) is 9.53 Å². The van der Waals surface area contributed by atoms with Crippen LogP contribution in [0.1, 0.15) is 25.5 Å². The minimum atomic E-state index is -0.506. The van der Waals surface area contributed by atoms with Crippen LogP contribution in [0.4, 0.5) is 5.69 Å². The Kier molecular flexibility index (Phi) is 4.71. The molecule has 0 saturated heterocycles. The number of nitrogens with one attached hydrogen (secondary N) is 2. The molecule has 2 N–H and O–H groups in total. The molecule has 0 radical (unpaired) electrons. The first-order valence-electron chi connectivity index (χ1n) is 6.63. The highest BCUT2D eigenvalue weighted by molar-refractivity contribution is 7.80. The molecule has 1 aromatic rings. The molecule has 8 heteroatoms. The average Bonchev–Trinajstić information content (AvgIpc) is 2.46. The predicted octanol–water partition coefficient (Wildman–Crippen LogP) is 1.95. The van der Waals surface area contributed by atoms with E-state index in [9.17, 15) is 14.9 Å². The van der Waals surface area contributed by atoms with Gasteiger partial charge in [-0.2, -0.15) is 0 Å². The standard InChI is InChI=1S/C14H15N3O4S/c1-3-21-13(18)11-8(2)15-14(22)16-12(11)9-4-6-10(7-5-9)17(19)20/h4-7,12H,3H2,1-2H3,(H2,15,16,22). The van der Waals surface area contributed by atoms with Gasteiger partial charge in [0, 0.05) is 17.8 Å². The largest absolute Gasteiger partial charge is 0.463 e. The summed E-state index contributed by atoms with van der Waals surface area (Å²) in [4.78, 5) is 22.4. The summed E-state index contributed by atoms with van der Waals surface area (Å²) in [6.07, 6.45) is 0. The zero-order chi connectivity index (χ0) is 16.3. The van der Waals surface area contributed by atoms with Crippen LogP contribution >= 0.6 is 12.2 Å². The number of allylic oxidation sites excluding steroid dienone is 1. The van der Waals surface area contributed by atoms with Crippen LogP contribution in [0.2, 0.25) is 0 Å². The second-order valence-corrected chi connectivity index (χ2v) is 5.05. The summed E-state index contributed by atoms with van der Waals surface area (Å²) in [6.45, 7) is 3.72. The van der Waals surface area contributed by atoms with Crippen molar-refractivity contribution in [2.24, 2.45) is 0 Å². The van der Waals surface area contributed by atoms with Crippen LogP contribution in [0.3, 0.4) is 0 Å². The molecule has 0 amide bonds. The highest BCUT2D eigenvalue weighted by atomic mass is 32.1. The first-order valence-corrected chi connectivity index (χ1v) is 7.04. The van der Waals surface area contributed by atoms with E-state index in [0.29, 0.717) is 21.9 Å². The van der Waals surface area contributed by atoms with Gasteiger partial charge in [-0.25, -0.2) is 4.79 Å². The van der Waals surface area contributed by atoms with Crippen molar-refractivity contribution in [1.29, 1.82) is 0 Å². The number of thiocarbonyl (C=S) groups is 1. The normalized spacial score (nSPS) is 17.5. The number of non-ortho nitro benzene ring substituents is 1. The van der Waals surface area contributed by atoms with E-state index in [-0.39, 0.29) is 12.3 Å². The Morgan fingerprint density at radius 3 is 2.59 bits per heavy atom. The number of hydrogen-bond acceptors (Lipinski definition) is 5. The topological polar surface area (TPSA) is 93.5 Å².